The molecule has 3 heteroatoms. The molecule has 2 rings (SSSR count). The van der Waals surface area contributed by atoms with E-state index in [2.05, 4.69) is 19.2 Å². The predicted molar refractivity (Wildman–Crippen MR) is 69.8 cm³/mol. The molecule has 1 N–H and O–H groups in total. The van der Waals surface area contributed by atoms with E-state index >= 15 is 0 Å². The van der Waals surface area contributed by atoms with Crippen LogP contribution in [0.5, 0.6) is 0 Å². The van der Waals surface area contributed by atoms with E-state index in [0.717, 1.165) is 24.8 Å². The topological polar surface area (TPSA) is 32.3 Å². The number of carbonyl (C=O) groups excluding carboxylic acids is 1. The second-order valence-corrected chi connectivity index (χ2v) is 6.29. The molecule has 0 radical (unpaired) electrons. The largest absolute Gasteiger partial charge is 0.344 e. The summed E-state index contributed by atoms with van der Waals surface area (Å²) in [7, 11) is 1.92. The fourth-order valence-electron chi connectivity index (χ4n) is 3.56. The first kappa shape index (κ1) is 12.9. The summed E-state index contributed by atoms with van der Waals surface area (Å²) in [4.78, 5) is 13.3. The number of rotatable bonds is 2. The van der Waals surface area contributed by atoms with Crippen LogP contribution in [0.4, 0.5) is 0 Å². The lowest BCUT2D eigenvalue weighted by molar-refractivity contribution is -0.132. The molecule has 0 spiro atoms. The summed E-state index contributed by atoms with van der Waals surface area (Å²) in [5.74, 6) is 1.99. The maximum absolute atomic E-state index is 11.4. The van der Waals surface area contributed by atoms with Gasteiger partial charge < -0.3 is 10.2 Å². The zero-order chi connectivity index (χ0) is 12.4. The highest BCUT2D eigenvalue weighted by Crippen LogP contribution is 2.29. The fourth-order valence-corrected chi connectivity index (χ4v) is 3.56. The first-order valence-electron chi connectivity index (χ1n) is 7.04. The Morgan fingerprint density at radius 2 is 1.76 bits per heavy atom. The van der Waals surface area contributed by atoms with Gasteiger partial charge in [-0.05, 0) is 37.5 Å². The van der Waals surface area contributed by atoms with Gasteiger partial charge in [0.25, 0.3) is 0 Å². The van der Waals surface area contributed by atoms with Gasteiger partial charge in [0.1, 0.15) is 0 Å². The van der Waals surface area contributed by atoms with E-state index < -0.39 is 0 Å². The molecule has 2 aliphatic rings. The van der Waals surface area contributed by atoms with Gasteiger partial charge in [0.2, 0.25) is 5.91 Å². The predicted octanol–water partition coefficient (Wildman–Crippen LogP) is 2.02. The zero-order valence-electron chi connectivity index (χ0n) is 11.4. The zero-order valence-corrected chi connectivity index (χ0v) is 11.4. The summed E-state index contributed by atoms with van der Waals surface area (Å²) in [6, 6.07) is 1.18. The van der Waals surface area contributed by atoms with E-state index in [9.17, 15) is 4.79 Å². The number of piperidine rings is 1. The molecule has 3 unspecified atom stereocenters. The van der Waals surface area contributed by atoms with Gasteiger partial charge in [0.15, 0.2) is 0 Å². The number of nitrogens with zero attached hydrogens (tertiary/aromatic N) is 1. The molecule has 1 amide bonds. The second-order valence-electron chi connectivity index (χ2n) is 6.29. The second kappa shape index (κ2) is 5.38. The Balaban J connectivity index is 1.82. The molecule has 2 fully saturated rings. The minimum absolute atomic E-state index is 0.299. The van der Waals surface area contributed by atoms with Crippen molar-refractivity contribution < 1.29 is 4.79 Å². The van der Waals surface area contributed by atoms with E-state index in [-0.39, 0.29) is 0 Å². The van der Waals surface area contributed by atoms with Crippen molar-refractivity contribution in [2.75, 3.05) is 13.6 Å². The van der Waals surface area contributed by atoms with Crippen LogP contribution in [0.25, 0.3) is 0 Å². The number of amides is 1. The lowest BCUT2D eigenvalue weighted by Gasteiger charge is -2.37. The lowest BCUT2D eigenvalue weighted by atomic mass is 9.80. The van der Waals surface area contributed by atoms with Gasteiger partial charge in [-0.1, -0.05) is 13.8 Å². The van der Waals surface area contributed by atoms with Gasteiger partial charge >= 0.3 is 0 Å². The standard InChI is InChI=1S/C14H26N2O/c1-10-6-11(2)8-13(7-10)15-12-4-5-14(17)16(3)9-12/h10-13,15H,4-9H2,1-3H3. The van der Waals surface area contributed by atoms with Crippen molar-refractivity contribution >= 4 is 5.91 Å². The summed E-state index contributed by atoms with van der Waals surface area (Å²) in [6.07, 6.45) is 5.71. The van der Waals surface area contributed by atoms with Crippen molar-refractivity contribution in [1.29, 1.82) is 0 Å². The first-order chi connectivity index (χ1) is 8.04. The van der Waals surface area contributed by atoms with Gasteiger partial charge in [-0.15, -0.1) is 0 Å². The third-order valence-electron chi connectivity index (χ3n) is 4.28. The molecule has 98 valence electrons. The molecule has 1 saturated heterocycles. The molecular weight excluding hydrogens is 212 g/mol. The minimum Gasteiger partial charge on any atom is -0.344 e. The van der Waals surface area contributed by atoms with Crippen molar-refractivity contribution in [3.63, 3.8) is 0 Å². The summed E-state index contributed by atoms with van der Waals surface area (Å²) in [5, 5.41) is 3.78. The molecule has 0 aromatic rings. The summed E-state index contributed by atoms with van der Waals surface area (Å²) in [6.45, 7) is 5.61. The Labute approximate surface area is 105 Å². The molecule has 0 aromatic heterocycles. The molecule has 17 heavy (non-hydrogen) atoms. The van der Waals surface area contributed by atoms with Crippen molar-refractivity contribution in [3.05, 3.63) is 0 Å². The monoisotopic (exact) mass is 238 g/mol. The van der Waals surface area contributed by atoms with Gasteiger partial charge in [0, 0.05) is 32.1 Å². The van der Waals surface area contributed by atoms with Crippen LogP contribution >= 0.6 is 0 Å². The van der Waals surface area contributed by atoms with Gasteiger partial charge in [-0.25, -0.2) is 0 Å². The Bertz CT molecular complexity index is 269. The molecule has 1 aliphatic heterocycles. The molecule has 3 atom stereocenters. The number of nitrogens with one attached hydrogen (secondary N) is 1. The normalized spacial score (nSPS) is 39.5. The molecule has 3 nitrogen and oxygen atoms in total. The minimum atomic E-state index is 0.299. The SMILES string of the molecule is CC1CC(C)CC(NC2CCC(=O)N(C)C2)C1. The smallest absolute Gasteiger partial charge is 0.222 e. The van der Waals surface area contributed by atoms with E-state index in [4.69, 9.17) is 0 Å². The van der Waals surface area contributed by atoms with Crippen molar-refractivity contribution in [2.24, 2.45) is 11.8 Å². The molecule has 1 aliphatic carbocycles. The van der Waals surface area contributed by atoms with Crippen LogP contribution in [-0.4, -0.2) is 36.5 Å². The maximum Gasteiger partial charge on any atom is 0.222 e. The van der Waals surface area contributed by atoms with E-state index in [1.807, 2.05) is 11.9 Å². The summed E-state index contributed by atoms with van der Waals surface area (Å²) < 4.78 is 0. The van der Waals surface area contributed by atoms with E-state index in [1.165, 1.54) is 19.3 Å². The quantitative estimate of drug-likeness (QED) is 0.798. The fraction of sp³-hybridized carbons (Fsp3) is 0.929. The third-order valence-corrected chi connectivity index (χ3v) is 4.28. The maximum atomic E-state index is 11.4. The van der Waals surface area contributed by atoms with Crippen LogP contribution in [0.2, 0.25) is 0 Å². The molecule has 1 heterocycles. The number of likely N-dealkylation sites (tertiary alicyclic amines) is 1. The molecule has 1 saturated carbocycles. The number of hydrogen-bond acceptors (Lipinski definition) is 2. The van der Waals surface area contributed by atoms with E-state index in [1.54, 1.807) is 0 Å². The Morgan fingerprint density at radius 1 is 1.12 bits per heavy atom. The molecule has 0 bridgehead atoms. The molecular formula is C14H26N2O. The van der Waals surface area contributed by atoms with Crippen molar-refractivity contribution in [3.8, 4) is 0 Å². The van der Waals surface area contributed by atoms with Crippen LogP contribution in [0.15, 0.2) is 0 Å². The van der Waals surface area contributed by atoms with Gasteiger partial charge in [0.05, 0.1) is 0 Å². The highest BCUT2D eigenvalue weighted by atomic mass is 16.2. The van der Waals surface area contributed by atoms with Crippen LogP contribution in [-0.2, 0) is 4.79 Å². The lowest BCUT2D eigenvalue weighted by Crippen LogP contribution is -2.51. The van der Waals surface area contributed by atoms with Crippen molar-refractivity contribution in [2.45, 2.75) is 58.0 Å². The average molecular weight is 238 g/mol. The van der Waals surface area contributed by atoms with Crippen LogP contribution in [0, 0.1) is 11.8 Å². The number of likely N-dealkylation sites (N-methyl/N-ethyl adjacent to an activating group) is 1. The summed E-state index contributed by atoms with van der Waals surface area (Å²) >= 11 is 0. The number of carbonyl (C=O) groups is 1. The van der Waals surface area contributed by atoms with Crippen LogP contribution < -0.4 is 5.32 Å². The van der Waals surface area contributed by atoms with Gasteiger partial charge in [-0.2, -0.15) is 0 Å². The Kier molecular flexibility index (Phi) is 4.08. The first-order valence-corrected chi connectivity index (χ1v) is 7.04. The van der Waals surface area contributed by atoms with Crippen molar-refractivity contribution in [1.82, 2.24) is 10.2 Å². The Hall–Kier alpha value is -0.570. The van der Waals surface area contributed by atoms with E-state index in [0.29, 0.717) is 24.4 Å². The highest BCUT2D eigenvalue weighted by Gasteiger charge is 2.28. The van der Waals surface area contributed by atoms with Crippen LogP contribution in [0.1, 0.15) is 46.0 Å². The third kappa shape index (κ3) is 3.44. The highest BCUT2D eigenvalue weighted by molar-refractivity contribution is 5.76. The molecule has 0 aromatic carbocycles. The van der Waals surface area contributed by atoms with Crippen LogP contribution in [0.3, 0.4) is 0 Å². The summed E-state index contributed by atoms with van der Waals surface area (Å²) in [5.41, 5.74) is 0. The average Bonchev–Trinajstić information content (AvgIpc) is 2.22. The van der Waals surface area contributed by atoms with Gasteiger partial charge in [-0.3, -0.25) is 4.79 Å². The Morgan fingerprint density at radius 3 is 2.35 bits per heavy atom. The number of hydrogen-bond donors (Lipinski definition) is 1.